The summed E-state index contributed by atoms with van der Waals surface area (Å²) in [7, 11) is 0. The highest BCUT2D eigenvalue weighted by atomic mass is 16.5. The molecule has 28 nitrogen and oxygen atoms in total. The Morgan fingerprint density at radius 2 is 0.981 bits per heavy atom. The second-order valence-corrected chi connectivity index (χ2v) is 26.5. The fraction of sp³-hybridized carbons (Fsp3) is 0.256. The third-order valence-electron chi connectivity index (χ3n) is 20.0. The molecule has 6 aliphatic rings. The molecule has 0 unspecified atom stereocenters. The highest BCUT2D eigenvalue weighted by molar-refractivity contribution is 6.08. The van der Waals surface area contributed by atoms with Crippen molar-refractivity contribution in [2.75, 3.05) is 89.7 Å². The van der Waals surface area contributed by atoms with E-state index in [1.54, 1.807) is 53.7 Å². The molecule has 106 heavy (non-hydrogen) atoms. The van der Waals surface area contributed by atoms with Gasteiger partial charge in [-0.2, -0.15) is 15.6 Å². The number of pyridine rings is 5. The van der Waals surface area contributed by atoms with Gasteiger partial charge in [0.25, 0.3) is 17.7 Å². The number of anilines is 9. The number of amides is 3. The topological polar surface area (TPSA) is 343 Å². The number of rotatable bonds is 14. The molecule has 18 rings (SSSR count). The number of morpholine rings is 1. The quantitative estimate of drug-likeness (QED) is 0.0502. The standard InChI is InChI=1S/C28H27N7O3.C25H25N7O2.C25H21N7O2/c1-2-38-26-17(13-29)7-12-35-23(16-31-27(26)35)20-4-5-22(25-21(20)15-32-28(25)37)33-24-6-3-18(14-30-24)34-10-8-19(36)9-11-34;1-15-10-23-27-14-21(32(23)29-11-15)18-3-4-20(24-19(18)13-28-25(24)34)30-22-5-2-16(12-26-22)31-8-6-17(33)7-9-31;26-12-16-5-6-32-21(15-28-23(32)11-16)18-2-3-20(24-19(18)14-29-25(24)33)30-22-4-1-17(13-27-22)31-7-9-34-10-8-31/h3-7,12,14,16,19,36H,2,8-11,15H2,1H3,(H,30,33)(H,32,37);2-5,10-12,14,17,33H,6-9,13H2,1H3,(H,26,30)(H,28,34);1-6,11,13,15H,7-10,14H2,(H,27,30)(H,29,33). The van der Waals surface area contributed by atoms with E-state index in [0.717, 1.165) is 157 Å². The Morgan fingerprint density at radius 3 is 1.46 bits per heavy atom. The van der Waals surface area contributed by atoms with E-state index in [-0.39, 0.29) is 29.9 Å². The summed E-state index contributed by atoms with van der Waals surface area (Å²) >= 11 is 0. The number of piperidine rings is 2. The van der Waals surface area contributed by atoms with Crippen LogP contribution < -0.4 is 51.3 Å². The zero-order valence-corrected chi connectivity index (χ0v) is 58.0. The molecule has 9 aromatic heterocycles. The molecule has 3 saturated heterocycles. The normalized spacial score (nSPS) is 15.5. The van der Waals surface area contributed by atoms with Crippen LogP contribution in [0.2, 0.25) is 0 Å². The number of aliphatic hydroxyl groups excluding tert-OH is 2. The lowest BCUT2D eigenvalue weighted by molar-refractivity contribution is 0.0958. The summed E-state index contributed by atoms with van der Waals surface area (Å²) in [6.07, 6.45) is 18.9. The van der Waals surface area contributed by atoms with Crippen molar-refractivity contribution in [3.05, 3.63) is 203 Å². The minimum Gasteiger partial charge on any atom is -0.489 e. The largest absolute Gasteiger partial charge is 0.489 e. The van der Waals surface area contributed by atoms with Gasteiger partial charge in [-0.05, 0) is 141 Å². The molecule has 0 bridgehead atoms. The number of imidazole rings is 3. The second kappa shape index (κ2) is 29.0. The molecule has 6 aliphatic heterocycles. The molecule has 0 radical (unpaired) electrons. The minimum atomic E-state index is -0.223. The van der Waals surface area contributed by atoms with E-state index >= 15 is 0 Å². The van der Waals surface area contributed by atoms with Gasteiger partial charge >= 0.3 is 0 Å². The van der Waals surface area contributed by atoms with Crippen molar-refractivity contribution >= 4 is 86.2 Å². The average Bonchev–Trinajstić information content (AvgIpc) is 1.61. The molecule has 3 amide bonds. The summed E-state index contributed by atoms with van der Waals surface area (Å²) in [6.45, 7) is 12.0. The Bertz CT molecular complexity index is 5470. The molecule has 12 aromatic rings. The molecule has 3 fully saturated rings. The Kier molecular flexibility index (Phi) is 18.5. The number of nitrogens with zero attached hydrogens (tertiary/aromatic N) is 15. The van der Waals surface area contributed by atoms with Crippen molar-refractivity contribution in [3.63, 3.8) is 0 Å². The van der Waals surface area contributed by atoms with E-state index in [4.69, 9.17) is 14.7 Å². The van der Waals surface area contributed by atoms with Gasteiger partial charge in [0.05, 0.1) is 160 Å². The van der Waals surface area contributed by atoms with Crippen LogP contribution in [-0.4, -0.2) is 148 Å². The van der Waals surface area contributed by atoms with Crippen LogP contribution in [0.5, 0.6) is 5.75 Å². The molecule has 15 heterocycles. The highest BCUT2D eigenvalue weighted by Gasteiger charge is 2.32. The first-order valence-electron chi connectivity index (χ1n) is 35.3. The van der Waals surface area contributed by atoms with Gasteiger partial charge in [-0.3, -0.25) is 23.2 Å². The number of fused-ring (bicyclic) bond motifs is 6. The zero-order valence-electron chi connectivity index (χ0n) is 58.0. The lowest BCUT2D eigenvalue weighted by Crippen LogP contribution is -2.36. The predicted octanol–water partition coefficient (Wildman–Crippen LogP) is 9.75. The number of aryl methyl sites for hydroxylation is 1. The maximum Gasteiger partial charge on any atom is 0.254 e. The minimum absolute atomic E-state index is 0.111. The third kappa shape index (κ3) is 13.2. The van der Waals surface area contributed by atoms with Crippen LogP contribution in [0.4, 0.5) is 51.6 Å². The van der Waals surface area contributed by atoms with Crippen LogP contribution in [-0.2, 0) is 24.4 Å². The molecule has 8 N–H and O–H groups in total. The number of hydrogen-bond donors (Lipinski definition) is 8. The third-order valence-corrected chi connectivity index (χ3v) is 20.0. The van der Waals surface area contributed by atoms with Crippen molar-refractivity contribution in [2.45, 2.75) is 71.4 Å². The molecule has 28 heteroatoms. The lowest BCUT2D eigenvalue weighted by atomic mass is 9.99. The number of aromatic nitrogens is 10. The summed E-state index contributed by atoms with van der Waals surface area (Å²) in [6, 6.07) is 35.0. The monoisotopic (exact) mass is 1420 g/mol. The molecule has 0 aliphatic carbocycles. The number of hydrogen-bond acceptors (Lipinski definition) is 22. The van der Waals surface area contributed by atoms with Gasteiger partial charge in [0.2, 0.25) is 0 Å². The van der Waals surface area contributed by atoms with Crippen LogP contribution in [0.1, 0.15) is 97.1 Å². The Labute approximate surface area is 608 Å². The summed E-state index contributed by atoms with van der Waals surface area (Å²) in [5.41, 5.74) is 19.0. The van der Waals surface area contributed by atoms with E-state index in [1.165, 1.54) is 0 Å². The first kappa shape index (κ1) is 67.5. The van der Waals surface area contributed by atoms with Crippen LogP contribution in [0.3, 0.4) is 0 Å². The van der Waals surface area contributed by atoms with Crippen LogP contribution in [0.25, 0.3) is 50.7 Å². The fourth-order valence-electron chi connectivity index (χ4n) is 14.5. The SMILES string of the molecule is CCOc1c(C#N)ccn2c(-c3ccc(Nc4ccc(N5CCC(O)CC5)cn4)c4c3CNC4=O)cnc12.Cc1cnn2c(-c3ccc(Nc4ccc(N5CCC(O)CC5)cn4)c4c3CNC4=O)cnc2c1.N#Cc1ccn2c(-c3ccc(Nc4ccc(N5CCOCC5)cn4)c4c3CNC4=O)cnc2c1. The van der Waals surface area contributed by atoms with Gasteiger partial charge in [0.1, 0.15) is 29.2 Å². The van der Waals surface area contributed by atoms with Crippen molar-refractivity contribution in [1.29, 1.82) is 10.5 Å². The van der Waals surface area contributed by atoms with E-state index in [1.807, 2.05) is 126 Å². The lowest BCUT2D eigenvalue weighted by Gasteiger charge is -2.31. The highest BCUT2D eigenvalue weighted by Crippen LogP contribution is 2.40. The van der Waals surface area contributed by atoms with Crippen molar-refractivity contribution in [1.82, 2.24) is 64.3 Å². The van der Waals surface area contributed by atoms with Crippen molar-refractivity contribution < 1.29 is 34.1 Å². The molecule has 532 valence electrons. The molecule has 0 atom stereocenters. The van der Waals surface area contributed by atoms with Crippen molar-refractivity contribution in [3.8, 4) is 51.7 Å². The maximum absolute atomic E-state index is 12.9. The van der Waals surface area contributed by atoms with Gasteiger partial charge in [-0.15, -0.1) is 0 Å². The molecule has 3 aromatic carbocycles. The Balaban J connectivity index is 0.000000122. The van der Waals surface area contributed by atoms with E-state index in [0.29, 0.717) is 106 Å². The van der Waals surface area contributed by atoms with Crippen LogP contribution in [0.15, 0.2) is 153 Å². The fourth-order valence-corrected chi connectivity index (χ4v) is 14.5. The second-order valence-electron chi connectivity index (χ2n) is 26.5. The van der Waals surface area contributed by atoms with E-state index in [9.17, 15) is 29.9 Å². The zero-order chi connectivity index (χ0) is 72.5. The summed E-state index contributed by atoms with van der Waals surface area (Å²) < 4.78 is 16.8. The van der Waals surface area contributed by atoms with Gasteiger partial charge in [0, 0.05) is 88.0 Å². The first-order chi connectivity index (χ1) is 51.8. The van der Waals surface area contributed by atoms with Gasteiger partial charge in [0.15, 0.2) is 17.0 Å². The number of nitriles is 2. The van der Waals surface area contributed by atoms with E-state index < -0.39 is 0 Å². The maximum atomic E-state index is 12.9. The summed E-state index contributed by atoms with van der Waals surface area (Å²) in [4.78, 5) is 72.3. The van der Waals surface area contributed by atoms with Crippen LogP contribution in [0, 0.1) is 29.6 Å². The van der Waals surface area contributed by atoms with E-state index in [2.05, 4.69) is 93.7 Å². The summed E-state index contributed by atoms with van der Waals surface area (Å²) in [5, 5.41) is 61.4. The smallest absolute Gasteiger partial charge is 0.254 e. The van der Waals surface area contributed by atoms with Gasteiger partial charge in [-0.1, -0.05) is 18.2 Å². The van der Waals surface area contributed by atoms with Gasteiger partial charge in [-0.25, -0.2) is 34.4 Å². The summed E-state index contributed by atoms with van der Waals surface area (Å²) in [5.74, 6) is 2.05. The molecular formula is C78H73N21O7. The number of aliphatic hydroxyl groups is 2. The Morgan fingerprint density at radius 1 is 0.519 bits per heavy atom. The van der Waals surface area contributed by atoms with Crippen LogP contribution >= 0.6 is 0 Å². The molecular weight excluding hydrogens is 1340 g/mol. The molecule has 0 saturated carbocycles. The number of carbonyl (C=O) groups excluding carboxylic acids is 3. The van der Waals surface area contributed by atoms with Crippen molar-refractivity contribution in [2.24, 2.45) is 0 Å². The number of nitrogens with one attached hydrogen (secondary N) is 6. The number of benzene rings is 3. The number of carbonyl (C=O) groups is 3. The van der Waals surface area contributed by atoms with Gasteiger partial charge < -0.3 is 66.3 Å². The average molecular weight is 1420 g/mol. The predicted molar refractivity (Wildman–Crippen MR) is 399 cm³/mol. The molecule has 0 spiro atoms. The first-order valence-corrected chi connectivity index (χ1v) is 35.3. The number of ether oxygens (including phenoxy) is 2. The Hall–Kier alpha value is -13.0.